The van der Waals surface area contributed by atoms with Gasteiger partial charge in [0, 0.05) is 0 Å². The summed E-state index contributed by atoms with van der Waals surface area (Å²) >= 11 is 0. The van der Waals surface area contributed by atoms with E-state index in [1.54, 1.807) is 0 Å². The van der Waals surface area contributed by atoms with Crippen LogP contribution in [0, 0.1) is 10.8 Å². The van der Waals surface area contributed by atoms with Crippen LogP contribution in [0.1, 0.15) is 165 Å². The molecule has 0 bridgehead atoms. The molecule has 46 heavy (non-hydrogen) atoms. The normalized spacial score (nSPS) is 27.5. The number of alkyl halides is 1. The van der Waals surface area contributed by atoms with Crippen LogP contribution in [0.5, 0.6) is 11.5 Å². The lowest BCUT2D eigenvalue weighted by molar-refractivity contribution is -0.191. The van der Waals surface area contributed by atoms with Crippen molar-refractivity contribution in [1.29, 1.82) is 0 Å². The van der Waals surface area contributed by atoms with Crippen LogP contribution in [-0.4, -0.2) is 25.2 Å². The molecule has 0 aromatic heterocycles. The van der Waals surface area contributed by atoms with Crippen LogP contribution in [0.3, 0.4) is 0 Å². The highest BCUT2D eigenvalue weighted by Crippen LogP contribution is 2.66. The van der Waals surface area contributed by atoms with Crippen LogP contribution < -0.4 is 9.47 Å². The van der Waals surface area contributed by atoms with Crippen molar-refractivity contribution in [2.75, 3.05) is 13.2 Å². The molecule has 254 valence electrons. The summed E-state index contributed by atoms with van der Waals surface area (Å²) in [5.74, 6) is 2.94. The maximum atomic E-state index is 16.2. The Morgan fingerprint density at radius 3 is 1.26 bits per heavy atom. The number of Topliss-reactive ketones (excluding diaryl/α,β-unsaturated/α-hetero) is 1. The number of carbonyl (C=O) groups excluding carboxylic acids is 1. The van der Waals surface area contributed by atoms with Gasteiger partial charge in [-0.15, -0.1) is 0 Å². The van der Waals surface area contributed by atoms with E-state index >= 15 is 4.39 Å². The lowest BCUT2D eigenvalue weighted by Gasteiger charge is -2.61. The number of unbranched alkanes of at least 4 members (excludes halogenated alkanes) is 10. The van der Waals surface area contributed by atoms with Crippen LogP contribution in [-0.2, 0) is 4.79 Å². The SMILES string of the molecule is CCCCCCCCOc1ccc(C2CCC3(CC2)C(=O)C2(CCC(c4ccc(OCCCCCCCC)cc4)CC2)C3F)cc1. The molecule has 4 heteroatoms. The third-order valence-electron chi connectivity index (χ3n) is 11.9. The van der Waals surface area contributed by atoms with Crippen molar-refractivity contribution in [3.05, 3.63) is 59.7 Å². The predicted octanol–water partition coefficient (Wildman–Crippen LogP) is 12.1. The van der Waals surface area contributed by atoms with Crippen LogP contribution >= 0.6 is 0 Å². The molecule has 3 nitrogen and oxygen atoms in total. The quantitative estimate of drug-likeness (QED) is 0.153. The smallest absolute Gasteiger partial charge is 0.151 e. The van der Waals surface area contributed by atoms with Crippen molar-refractivity contribution < 1.29 is 18.7 Å². The van der Waals surface area contributed by atoms with Crippen molar-refractivity contribution in [3.8, 4) is 11.5 Å². The summed E-state index contributed by atoms with van der Waals surface area (Å²) in [7, 11) is 0. The molecular weight excluding hydrogens is 571 g/mol. The zero-order valence-corrected chi connectivity index (χ0v) is 29.0. The van der Waals surface area contributed by atoms with Gasteiger partial charge in [-0.2, -0.15) is 0 Å². The molecule has 2 spiro atoms. The highest BCUT2D eigenvalue weighted by Gasteiger charge is 2.71. The summed E-state index contributed by atoms with van der Waals surface area (Å²) in [5.41, 5.74) is 1.16. The average molecular weight is 633 g/mol. The van der Waals surface area contributed by atoms with E-state index in [1.165, 1.54) is 75.3 Å². The molecule has 3 fully saturated rings. The molecule has 0 radical (unpaired) electrons. The molecule has 2 aromatic rings. The minimum atomic E-state index is -0.982. The molecule has 5 rings (SSSR count). The van der Waals surface area contributed by atoms with Gasteiger partial charge in [-0.3, -0.25) is 4.79 Å². The van der Waals surface area contributed by atoms with Gasteiger partial charge in [-0.1, -0.05) is 102 Å². The number of carbonyl (C=O) groups is 1. The van der Waals surface area contributed by atoms with Gasteiger partial charge < -0.3 is 9.47 Å². The summed E-state index contributed by atoms with van der Waals surface area (Å²) in [4.78, 5) is 13.8. The summed E-state index contributed by atoms with van der Waals surface area (Å²) in [6.45, 7) is 6.05. The number of hydrogen-bond donors (Lipinski definition) is 0. The Morgan fingerprint density at radius 2 is 0.913 bits per heavy atom. The van der Waals surface area contributed by atoms with Crippen molar-refractivity contribution in [2.24, 2.45) is 10.8 Å². The molecule has 0 heterocycles. The average Bonchev–Trinajstić information content (AvgIpc) is 3.11. The number of hydrogen-bond acceptors (Lipinski definition) is 3. The summed E-state index contributed by atoms with van der Waals surface area (Å²) in [6, 6.07) is 17.1. The molecule has 3 aliphatic rings. The minimum absolute atomic E-state index is 0.251. The number of benzene rings is 2. The third kappa shape index (κ3) is 8.19. The first-order chi connectivity index (χ1) is 22.5. The van der Waals surface area contributed by atoms with Crippen molar-refractivity contribution in [2.45, 2.75) is 160 Å². The second-order valence-corrected chi connectivity index (χ2v) is 14.9. The number of halogens is 1. The Balaban J connectivity index is 1.02. The fraction of sp³-hybridized carbons (Fsp3) is 0.690. The van der Waals surface area contributed by atoms with E-state index in [0.29, 0.717) is 37.5 Å². The Bertz CT molecular complexity index is 1080. The molecule has 3 saturated carbocycles. The topological polar surface area (TPSA) is 35.5 Å². The van der Waals surface area contributed by atoms with Gasteiger partial charge in [-0.25, -0.2) is 4.39 Å². The monoisotopic (exact) mass is 632 g/mol. The van der Waals surface area contributed by atoms with Gasteiger partial charge in [0.25, 0.3) is 0 Å². The van der Waals surface area contributed by atoms with E-state index in [0.717, 1.165) is 63.2 Å². The van der Waals surface area contributed by atoms with Crippen molar-refractivity contribution in [1.82, 2.24) is 0 Å². The molecule has 2 aromatic carbocycles. The van der Waals surface area contributed by atoms with Gasteiger partial charge in [0.15, 0.2) is 5.78 Å². The third-order valence-corrected chi connectivity index (χ3v) is 11.9. The fourth-order valence-corrected chi connectivity index (χ4v) is 8.89. The summed E-state index contributed by atoms with van der Waals surface area (Å²) < 4.78 is 28.2. The zero-order chi connectivity index (χ0) is 32.2. The predicted molar refractivity (Wildman–Crippen MR) is 188 cm³/mol. The maximum Gasteiger partial charge on any atom is 0.151 e. The Morgan fingerprint density at radius 1 is 0.565 bits per heavy atom. The molecule has 0 amide bonds. The van der Waals surface area contributed by atoms with Gasteiger partial charge in [0.05, 0.1) is 24.0 Å². The maximum absolute atomic E-state index is 16.2. The van der Waals surface area contributed by atoms with Gasteiger partial charge in [0.2, 0.25) is 0 Å². The van der Waals surface area contributed by atoms with Crippen LogP contribution in [0.25, 0.3) is 0 Å². The minimum Gasteiger partial charge on any atom is -0.494 e. The molecule has 0 N–H and O–H groups in total. The van der Waals surface area contributed by atoms with Crippen molar-refractivity contribution >= 4 is 5.78 Å². The van der Waals surface area contributed by atoms with E-state index < -0.39 is 17.0 Å². The first kappa shape index (κ1) is 35.0. The highest BCUT2D eigenvalue weighted by molar-refractivity contribution is 5.98. The van der Waals surface area contributed by atoms with E-state index in [2.05, 4.69) is 62.4 Å². The van der Waals surface area contributed by atoms with Gasteiger partial charge >= 0.3 is 0 Å². The molecule has 0 saturated heterocycles. The zero-order valence-electron chi connectivity index (χ0n) is 29.0. The molecular formula is C42H61FO3. The largest absolute Gasteiger partial charge is 0.494 e. The van der Waals surface area contributed by atoms with Crippen LogP contribution in [0.4, 0.5) is 4.39 Å². The first-order valence-electron chi connectivity index (χ1n) is 19.2. The molecule has 0 unspecified atom stereocenters. The lowest BCUT2D eigenvalue weighted by Crippen LogP contribution is -2.69. The number of ketones is 1. The second kappa shape index (κ2) is 17.2. The summed E-state index contributed by atoms with van der Waals surface area (Å²) in [6.07, 6.45) is 20.6. The van der Waals surface area contributed by atoms with E-state index in [4.69, 9.17) is 9.47 Å². The summed E-state index contributed by atoms with van der Waals surface area (Å²) in [5, 5.41) is 0. The number of ether oxygens (including phenoxy) is 2. The lowest BCUT2D eigenvalue weighted by atomic mass is 9.41. The highest BCUT2D eigenvalue weighted by atomic mass is 19.1. The molecule has 0 atom stereocenters. The van der Waals surface area contributed by atoms with Crippen molar-refractivity contribution in [3.63, 3.8) is 0 Å². The van der Waals surface area contributed by atoms with E-state index in [9.17, 15) is 4.79 Å². The Labute approximate surface area is 279 Å². The van der Waals surface area contributed by atoms with Crippen LogP contribution in [0.15, 0.2) is 48.5 Å². The Kier molecular flexibility index (Phi) is 13.0. The van der Waals surface area contributed by atoms with Gasteiger partial charge in [-0.05, 0) is 111 Å². The fourth-order valence-electron chi connectivity index (χ4n) is 8.89. The molecule has 0 aliphatic heterocycles. The van der Waals surface area contributed by atoms with Gasteiger partial charge in [0.1, 0.15) is 17.7 Å². The Hall–Kier alpha value is -2.36. The standard InChI is InChI=1S/C42H61FO3/c1-3-5-7-9-11-13-31-45-37-19-15-33(16-20-37)35-23-27-41(28-24-35)39(43)42(40(41)44)29-25-36(26-30-42)34-17-21-38(22-18-34)46-32-14-12-10-8-6-4-2/h15-22,35-36,39H,3-14,23-32H2,1-2H3. The molecule has 3 aliphatic carbocycles. The van der Waals surface area contributed by atoms with Crippen LogP contribution in [0.2, 0.25) is 0 Å². The van der Waals surface area contributed by atoms with E-state index in [1.807, 2.05) is 0 Å². The number of rotatable bonds is 18. The first-order valence-corrected chi connectivity index (χ1v) is 19.2. The second-order valence-electron chi connectivity index (χ2n) is 14.9. The van der Waals surface area contributed by atoms with E-state index in [-0.39, 0.29) is 5.78 Å².